The highest BCUT2D eigenvalue weighted by Crippen LogP contribution is 2.09. The molecule has 0 amide bonds. The van der Waals surface area contributed by atoms with E-state index in [4.69, 9.17) is 4.74 Å². The van der Waals surface area contributed by atoms with Crippen LogP contribution in [-0.2, 0) is 16.0 Å². The molecule has 0 unspecified atom stereocenters. The van der Waals surface area contributed by atoms with E-state index in [1.54, 1.807) is 0 Å². The van der Waals surface area contributed by atoms with Crippen molar-refractivity contribution in [3.63, 3.8) is 0 Å². The summed E-state index contributed by atoms with van der Waals surface area (Å²) in [7, 11) is 0. The van der Waals surface area contributed by atoms with E-state index in [0.717, 1.165) is 25.0 Å². The Hall–Kier alpha value is -1.45. The van der Waals surface area contributed by atoms with Crippen molar-refractivity contribution in [2.45, 2.75) is 26.2 Å². The molecule has 0 N–H and O–H groups in total. The highest BCUT2D eigenvalue weighted by atomic mass is 19.2. The molecule has 0 fully saturated rings. The average Bonchev–Trinajstić information content (AvgIpc) is 2.24. The van der Waals surface area contributed by atoms with Gasteiger partial charge < -0.3 is 4.74 Å². The molecule has 4 heteroatoms. The van der Waals surface area contributed by atoms with Gasteiger partial charge in [-0.3, -0.25) is 4.79 Å². The first-order valence-electron chi connectivity index (χ1n) is 5.23. The lowest BCUT2D eigenvalue weighted by Crippen LogP contribution is -2.09. The standard InChI is InChI=1S/C12H14F2O2/c1-2-3-6-16-12(15)8-9-4-5-10(13)11(14)7-9/h4-5,7H,2-3,6,8H2,1H3. The van der Waals surface area contributed by atoms with Gasteiger partial charge in [-0.1, -0.05) is 19.4 Å². The molecular weight excluding hydrogens is 214 g/mol. The predicted molar refractivity (Wildman–Crippen MR) is 55.9 cm³/mol. The smallest absolute Gasteiger partial charge is 0.310 e. The molecule has 0 bridgehead atoms. The van der Waals surface area contributed by atoms with Crippen LogP contribution in [0.3, 0.4) is 0 Å². The maximum Gasteiger partial charge on any atom is 0.310 e. The summed E-state index contributed by atoms with van der Waals surface area (Å²) in [5, 5.41) is 0. The number of benzene rings is 1. The molecule has 0 aromatic heterocycles. The molecule has 0 aliphatic heterocycles. The van der Waals surface area contributed by atoms with Gasteiger partial charge in [0, 0.05) is 0 Å². The summed E-state index contributed by atoms with van der Waals surface area (Å²) in [4.78, 5) is 11.2. The topological polar surface area (TPSA) is 26.3 Å². The number of hydrogen-bond acceptors (Lipinski definition) is 2. The summed E-state index contributed by atoms with van der Waals surface area (Å²) in [6.45, 7) is 2.36. The zero-order valence-corrected chi connectivity index (χ0v) is 9.13. The van der Waals surface area contributed by atoms with Gasteiger partial charge in [0.2, 0.25) is 0 Å². The molecule has 16 heavy (non-hydrogen) atoms. The van der Waals surface area contributed by atoms with Crippen LogP contribution < -0.4 is 0 Å². The van der Waals surface area contributed by atoms with Crippen LogP contribution in [0.4, 0.5) is 8.78 Å². The van der Waals surface area contributed by atoms with E-state index in [-0.39, 0.29) is 6.42 Å². The number of halogens is 2. The molecule has 0 radical (unpaired) electrons. The first kappa shape index (κ1) is 12.6. The molecule has 1 aromatic rings. The fraction of sp³-hybridized carbons (Fsp3) is 0.417. The van der Waals surface area contributed by atoms with E-state index in [1.165, 1.54) is 6.07 Å². The van der Waals surface area contributed by atoms with Crippen LogP contribution in [0.15, 0.2) is 18.2 Å². The average molecular weight is 228 g/mol. The van der Waals surface area contributed by atoms with E-state index in [0.29, 0.717) is 12.2 Å². The van der Waals surface area contributed by atoms with Crippen LogP contribution in [0.2, 0.25) is 0 Å². The van der Waals surface area contributed by atoms with E-state index in [9.17, 15) is 13.6 Å². The van der Waals surface area contributed by atoms with Crippen LogP contribution in [0.5, 0.6) is 0 Å². The van der Waals surface area contributed by atoms with Gasteiger partial charge in [-0.2, -0.15) is 0 Å². The van der Waals surface area contributed by atoms with Crippen molar-refractivity contribution in [3.05, 3.63) is 35.4 Å². The second-order valence-electron chi connectivity index (χ2n) is 3.50. The van der Waals surface area contributed by atoms with E-state index in [1.807, 2.05) is 6.92 Å². The van der Waals surface area contributed by atoms with E-state index < -0.39 is 17.6 Å². The van der Waals surface area contributed by atoms with Crippen LogP contribution in [0.1, 0.15) is 25.3 Å². The number of hydrogen-bond donors (Lipinski definition) is 0. The normalized spacial score (nSPS) is 10.2. The van der Waals surface area contributed by atoms with Crippen molar-refractivity contribution in [2.24, 2.45) is 0 Å². The molecule has 0 saturated heterocycles. The molecule has 0 aliphatic carbocycles. The largest absolute Gasteiger partial charge is 0.465 e. The summed E-state index contributed by atoms with van der Waals surface area (Å²) in [5.74, 6) is -2.28. The van der Waals surface area contributed by atoms with Gasteiger partial charge in [0.1, 0.15) is 0 Å². The molecule has 0 saturated carbocycles. The van der Waals surface area contributed by atoms with Gasteiger partial charge in [-0.15, -0.1) is 0 Å². The minimum atomic E-state index is -0.946. The second kappa shape index (κ2) is 6.20. The summed E-state index contributed by atoms with van der Waals surface area (Å²) in [5.41, 5.74) is 0.417. The lowest BCUT2D eigenvalue weighted by Gasteiger charge is -2.04. The van der Waals surface area contributed by atoms with Crippen molar-refractivity contribution in [2.75, 3.05) is 6.61 Å². The predicted octanol–water partition coefficient (Wildman–Crippen LogP) is 2.85. The monoisotopic (exact) mass is 228 g/mol. The summed E-state index contributed by atoms with van der Waals surface area (Å²) >= 11 is 0. The molecule has 1 aromatic carbocycles. The lowest BCUT2D eigenvalue weighted by molar-refractivity contribution is -0.142. The molecule has 1 rings (SSSR count). The summed E-state index contributed by atoms with van der Waals surface area (Å²) < 4.78 is 30.3. The first-order chi connectivity index (χ1) is 7.63. The van der Waals surface area contributed by atoms with Gasteiger partial charge >= 0.3 is 5.97 Å². The summed E-state index contributed by atoms with van der Waals surface area (Å²) in [6.07, 6.45) is 1.73. The zero-order valence-electron chi connectivity index (χ0n) is 9.13. The third-order valence-corrected chi connectivity index (χ3v) is 2.09. The Morgan fingerprint density at radius 2 is 2.06 bits per heavy atom. The van der Waals surface area contributed by atoms with Crippen molar-refractivity contribution in [3.8, 4) is 0 Å². The highest BCUT2D eigenvalue weighted by Gasteiger charge is 2.07. The number of carbonyl (C=O) groups is 1. The Morgan fingerprint density at radius 3 is 2.69 bits per heavy atom. The quantitative estimate of drug-likeness (QED) is 0.572. The number of esters is 1. The molecule has 0 atom stereocenters. The summed E-state index contributed by atoms with van der Waals surface area (Å²) in [6, 6.07) is 3.39. The Balaban J connectivity index is 2.46. The van der Waals surface area contributed by atoms with Crippen LogP contribution in [0.25, 0.3) is 0 Å². The Morgan fingerprint density at radius 1 is 1.31 bits per heavy atom. The van der Waals surface area contributed by atoms with Crippen LogP contribution in [-0.4, -0.2) is 12.6 Å². The van der Waals surface area contributed by atoms with Crippen molar-refractivity contribution in [1.82, 2.24) is 0 Å². The molecule has 0 aliphatic rings. The van der Waals surface area contributed by atoms with Crippen molar-refractivity contribution < 1.29 is 18.3 Å². The van der Waals surface area contributed by atoms with Gasteiger partial charge in [-0.05, 0) is 24.1 Å². The highest BCUT2D eigenvalue weighted by molar-refractivity contribution is 5.72. The molecule has 0 heterocycles. The first-order valence-corrected chi connectivity index (χ1v) is 5.23. The fourth-order valence-electron chi connectivity index (χ4n) is 1.20. The van der Waals surface area contributed by atoms with E-state index >= 15 is 0 Å². The minimum Gasteiger partial charge on any atom is -0.465 e. The molecule has 2 nitrogen and oxygen atoms in total. The van der Waals surface area contributed by atoms with Gasteiger partial charge in [0.25, 0.3) is 0 Å². The SMILES string of the molecule is CCCCOC(=O)Cc1ccc(F)c(F)c1. The van der Waals surface area contributed by atoms with Gasteiger partial charge in [0.05, 0.1) is 13.0 Å². The van der Waals surface area contributed by atoms with Gasteiger partial charge in [-0.25, -0.2) is 8.78 Å². The number of rotatable bonds is 5. The lowest BCUT2D eigenvalue weighted by atomic mass is 10.1. The molecule has 88 valence electrons. The maximum atomic E-state index is 12.8. The van der Waals surface area contributed by atoms with E-state index in [2.05, 4.69) is 0 Å². The van der Waals surface area contributed by atoms with Crippen LogP contribution >= 0.6 is 0 Å². The minimum absolute atomic E-state index is 0.0269. The van der Waals surface area contributed by atoms with Crippen LogP contribution in [0, 0.1) is 11.6 Å². The molecule has 0 spiro atoms. The van der Waals surface area contributed by atoms with Crippen molar-refractivity contribution >= 4 is 5.97 Å². The number of unbranched alkanes of at least 4 members (excludes halogenated alkanes) is 1. The molecular formula is C12H14F2O2. The Bertz CT molecular complexity index is 364. The zero-order chi connectivity index (χ0) is 12.0. The van der Waals surface area contributed by atoms with Gasteiger partial charge in [0.15, 0.2) is 11.6 Å². The van der Waals surface area contributed by atoms with Crippen molar-refractivity contribution in [1.29, 1.82) is 0 Å². The number of ether oxygens (including phenoxy) is 1. The Labute approximate surface area is 93.2 Å². The third-order valence-electron chi connectivity index (χ3n) is 2.09. The maximum absolute atomic E-state index is 12.8. The second-order valence-corrected chi connectivity index (χ2v) is 3.50. The fourth-order valence-corrected chi connectivity index (χ4v) is 1.20. The Kier molecular flexibility index (Phi) is 4.89. The third kappa shape index (κ3) is 3.96. The number of carbonyl (C=O) groups excluding carboxylic acids is 1.